The number of rotatable bonds is 3. The van der Waals surface area contributed by atoms with Gasteiger partial charge in [-0.1, -0.05) is 0 Å². The maximum Gasteiger partial charge on any atom is 0.341 e. The fraction of sp³-hybridized carbons (Fsp3) is 0.474. The second-order valence-corrected chi connectivity index (χ2v) is 7.28. The van der Waals surface area contributed by atoms with Gasteiger partial charge in [0.05, 0.1) is 5.52 Å². The predicted molar refractivity (Wildman–Crippen MR) is 91.9 cm³/mol. The molecule has 2 heterocycles. The largest absolute Gasteiger partial charge is 0.477 e. The van der Waals surface area contributed by atoms with Gasteiger partial charge in [-0.25, -0.2) is 4.79 Å². The molecule has 0 radical (unpaired) electrons. The van der Waals surface area contributed by atoms with Gasteiger partial charge in [0.25, 0.3) is 5.56 Å². The van der Waals surface area contributed by atoms with E-state index in [1.165, 1.54) is 9.96 Å². The zero-order valence-corrected chi connectivity index (χ0v) is 13.8. The molecule has 5 nitrogen and oxygen atoms in total. The van der Waals surface area contributed by atoms with Crippen LogP contribution in [-0.2, 0) is 0 Å². The molecule has 24 heavy (non-hydrogen) atoms. The Morgan fingerprint density at radius 2 is 1.92 bits per heavy atom. The zero-order chi connectivity index (χ0) is 17.0. The standard InChI is InChI=1S/C19H22N2O3/c1-10-14(12-4-5-13(20)8-12)6-7-21-17(10)15(11-2-3-11)9-16(18(21)22)19(23)24/h6-7,9,11-13H,2-5,8,20H2,1H3,(H,23,24)/t12?,13-/m0/s1. The number of nitrogens with zero attached hydrogens (tertiary/aromatic N) is 1. The molecule has 2 aliphatic rings. The lowest BCUT2D eigenvalue weighted by molar-refractivity contribution is 0.0694. The highest BCUT2D eigenvalue weighted by molar-refractivity contribution is 5.88. The smallest absolute Gasteiger partial charge is 0.341 e. The van der Waals surface area contributed by atoms with E-state index in [-0.39, 0.29) is 11.6 Å². The van der Waals surface area contributed by atoms with Crippen LogP contribution in [0.1, 0.15) is 71.0 Å². The molecule has 1 unspecified atom stereocenters. The second-order valence-electron chi connectivity index (χ2n) is 7.28. The Kier molecular flexibility index (Phi) is 3.49. The Labute approximate surface area is 140 Å². The summed E-state index contributed by atoms with van der Waals surface area (Å²) in [5.41, 5.74) is 9.77. The van der Waals surface area contributed by atoms with E-state index in [1.54, 1.807) is 12.3 Å². The van der Waals surface area contributed by atoms with Gasteiger partial charge in [-0.3, -0.25) is 9.20 Å². The van der Waals surface area contributed by atoms with Gasteiger partial charge in [0, 0.05) is 12.2 Å². The number of pyridine rings is 2. The first-order valence-corrected chi connectivity index (χ1v) is 8.65. The summed E-state index contributed by atoms with van der Waals surface area (Å²) < 4.78 is 1.53. The number of hydrogen-bond donors (Lipinski definition) is 2. The molecule has 4 rings (SSSR count). The fourth-order valence-corrected chi connectivity index (χ4v) is 4.21. The summed E-state index contributed by atoms with van der Waals surface area (Å²) in [7, 11) is 0. The lowest BCUT2D eigenvalue weighted by Crippen LogP contribution is -2.24. The van der Waals surface area contributed by atoms with Crippen molar-refractivity contribution in [1.29, 1.82) is 0 Å². The number of aromatic nitrogens is 1. The molecule has 0 amide bonds. The van der Waals surface area contributed by atoms with Crippen LogP contribution in [0.3, 0.4) is 0 Å². The minimum atomic E-state index is -1.15. The fourth-order valence-electron chi connectivity index (χ4n) is 4.21. The number of carboxylic acids is 1. The second kappa shape index (κ2) is 5.45. The summed E-state index contributed by atoms with van der Waals surface area (Å²) in [6.45, 7) is 2.06. The topological polar surface area (TPSA) is 84.8 Å². The van der Waals surface area contributed by atoms with E-state index in [0.29, 0.717) is 11.8 Å². The van der Waals surface area contributed by atoms with E-state index in [1.807, 2.05) is 6.07 Å². The molecule has 2 fully saturated rings. The van der Waals surface area contributed by atoms with Crippen molar-refractivity contribution in [3.63, 3.8) is 0 Å². The third-order valence-corrected chi connectivity index (χ3v) is 5.62. The SMILES string of the molecule is Cc1c(C2CC[C@H](N)C2)ccn2c(=O)c(C(=O)O)cc(C3CC3)c12. The van der Waals surface area contributed by atoms with Crippen LogP contribution in [-0.4, -0.2) is 21.5 Å². The van der Waals surface area contributed by atoms with E-state index in [4.69, 9.17) is 5.73 Å². The summed E-state index contributed by atoms with van der Waals surface area (Å²) in [6.07, 6.45) is 6.97. The summed E-state index contributed by atoms with van der Waals surface area (Å²) in [5, 5.41) is 9.35. The molecule has 126 valence electrons. The Bertz CT molecular complexity index is 896. The Morgan fingerprint density at radius 3 is 2.50 bits per heavy atom. The van der Waals surface area contributed by atoms with Crippen LogP contribution in [0.25, 0.3) is 5.52 Å². The number of fused-ring (bicyclic) bond motifs is 1. The predicted octanol–water partition coefficient (Wildman–Crippen LogP) is 2.78. The van der Waals surface area contributed by atoms with E-state index in [0.717, 1.165) is 48.7 Å². The first kappa shape index (κ1) is 15.4. The molecule has 2 saturated carbocycles. The Hall–Kier alpha value is -2.14. The van der Waals surface area contributed by atoms with Gasteiger partial charge in [0.2, 0.25) is 0 Å². The highest BCUT2D eigenvalue weighted by Gasteiger charge is 2.31. The maximum atomic E-state index is 12.6. The van der Waals surface area contributed by atoms with E-state index in [9.17, 15) is 14.7 Å². The molecule has 0 bridgehead atoms. The normalized spacial score (nSPS) is 23.8. The van der Waals surface area contributed by atoms with Crippen LogP contribution in [0.15, 0.2) is 23.1 Å². The van der Waals surface area contributed by atoms with Crippen molar-refractivity contribution in [3.05, 3.63) is 50.9 Å². The van der Waals surface area contributed by atoms with Gasteiger partial charge < -0.3 is 10.8 Å². The van der Waals surface area contributed by atoms with Crippen LogP contribution >= 0.6 is 0 Å². The highest BCUT2D eigenvalue weighted by atomic mass is 16.4. The molecule has 0 saturated heterocycles. The first-order chi connectivity index (χ1) is 11.5. The van der Waals surface area contributed by atoms with Crippen molar-refractivity contribution < 1.29 is 9.90 Å². The lowest BCUT2D eigenvalue weighted by Gasteiger charge is -2.18. The van der Waals surface area contributed by atoms with Crippen molar-refractivity contribution in [2.45, 2.75) is 56.9 Å². The quantitative estimate of drug-likeness (QED) is 0.908. The van der Waals surface area contributed by atoms with E-state index in [2.05, 4.69) is 6.92 Å². The van der Waals surface area contributed by atoms with Crippen molar-refractivity contribution in [1.82, 2.24) is 4.40 Å². The van der Waals surface area contributed by atoms with Crippen molar-refractivity contribution in [3.8, 4) is 0 Å². The average Bonchev–Trinajstić information content (AvgIpc) is 3.29. The van der Waals surface area contributed by atoms with Crippen LogP contribution in [0.2, 0.25) is 0 Å². The highest BCUT2D eigenvalue weighted by Crippen LogP contribution is 2.44. The third-order valence-electron chi connectivity index (χ3n) is 5.62. The van der Waals surface area contributed by atoms with Gasteiger partial charge in [0.15, 0.2) is 0 Å². The van der Waals surface area contributed by atoms with Crippen LogP contribution < -0.4 is 11.3 Å². The van der Waals surface area contributed by atoms with Gasteiger partial charge in [-0.2, -0.15) is 0 Å². The summed E-state index contributed by atoms with van der Waals surface area (Å²) in [6, 6.07) is 3.84. The van der Waals surface area contributed by atoms with Crippen LogP contribution in [0, 0.1) is 6.92 Å². The molecular weight excluding hydrogens is 304 g/mol. The molecule has 0 aliphatic heterocycles. The number of aryl methyl sites for hydroxylation is 1. The minimum absolute atomic E-state index is 0.135. The van der Waals surface area contributed by atoms with Crippen molar-refractivity contribution >= 4 is 11.5 Å². The zero-order valence-electron chi connectivity index (χ0n) is 13.8. The Balaban J connectivity index is 1.97. The number of carbonyl (C=O) groups is 1. The molecule has 3 N–H and O–H groups in total. The Morgan fingerprint density at radius 1 is 1.21 bits per heavy atom. The number of carboxylic acid groups (broad SMARTS) is 1. The third kappa shape index (κ3) is 2.35. The molecule has 2 aromatic rings. The summed E-state index contributed by atoms with van der Waals surface area (Å²) in [5.74, 6) is -0.343. The number of hydrogen-bond acceptors (Lipinski definition) is 3. The monoisotopic (exact) mass is 326 g/mol. The van der Waals surface area contributed by atoms with Crippen LogP contribution in [0.5, 0.6) is 0 Å². The molecule has 2 aliphatic carbocycles. The van der Waals surface area contributed by atoms with Crippen molar-refractivity contribution in [2.24, 2.45) is 5.73 Å². The number of aromatic carboxylic acids is 1. The van der Waals surface area contributed by atoms with Gasteiger partial charge in [-0.05, 0) is 79.7 Å². The average molecular weight is 326 g/mol. The molecule has 5 heteroatoms. The summed E-state index contributed by atoms with van der Waals surface area (Å²) in [4.78, 5) is 24.0. The van der Waals surface area contributed by atoms with Gasteiger partial charge in [0.1, 0.15) is 5.56 Å². The molecule has 2 atom stereocenters. The number of nitrogens with two attached hydrogens (primary N) is 1. The molecule has 0 spiro atoms. The van der Waals surface area contributed by atoms with Gasteiger partial charge >= 0.3 is 5.97 Å². The van der Waals surface area contributed by atoms with E-state index < -0.39 is 11.5 Å². The van der Waals surface area contributed by atoms with Gasteiger partial charge in [-0.15, -0.1) is 0 Å². The summed E-state index contributed by atoms with van der Waals surface area (Å²) >= 11 is 0. The van der Waals surface area contributed by atoms with Crippen LogP contribution in [0.4, 0.5) is 0 Å². The first-order valence-electron chi connectivity index (χ1n) is 8.65. The lowest BCUT2D eigenvalue weighted by atomic mass is 9.91. The van der Waals surface area contributed by atoms with E-state index >= 15 is 0 Å². The molecular formula is C19H22N2O3. The molecule has 0 aromatic carbocycles. The van der Waals surface area contributed by atoms with Crippen molar-refractivity contribution in [2.75, 3.05) is 0 Å². The molecule has 2 aromatic heterocycles. The minimum Gasteiger partial charge on any atom is -0.477 e. The maximum absolute atomic E-state index is 12.6.